The molecule has 1 aromatic heterocycles. The van der Waals surface area contributed by atoms with E-state index in [1.807, 2.05) is 61.2 Å². The summed E-state index contributed by atoms with van der Waals surface area (Å²) in [5.41, 5.74) is 1.63. The smallest absolute Gasteiger partial charge is 0.258 e. The van der Waals surface area contributed by atoms with Crippen molar-refractivity contribution < 1.29 is 9.53 Å². The molecule has 7 nitrogen and oxygen atoms in total. The lowest BCUT2D eigenvalue weighted by Gasteiger charge is -2.26. The second-order valence-electron chi connectivity index (χ2n) is 7.16. The number of carbonyl (C=O) groups is 1. The Kier molecular flexibility index (Phi) is 7.19. The molecular weight excluding hydrogens is 380 g/mol. The summed E-state index contributed by atoms with van der Waals surface area (Å²) in [6.07, 6.45) is 0.744. The predicted molar refractivity (Wildman–Crippen MR) is 118 cm³/mol. The SMILES string of the molecule is CCN(Cc1nc2ccccc2c(=O)[nH]1)C(C)C(=O)NCCc1ccc(OC)cc1. The van der Waals surface area contributed by atoms with E-state index in [2.05, 4.69) is 15.3 Å². The largest absolute Gasteiger partial charge is 0.497 e. The minimum Gasteiger partial charge on any atom is -0.497 e. The zero-order valence-electron chi connectivity index (χ0n) is 17.6. The Labute approximate surface area is 176 Å². The molecule has 3 aromatic rings. The molecule has 0 aliphatic heterocycles. The molecule has 1 heterocycles. The number of rotatable bonds is 9. The van der Waals surface area contributed by atoms with Crippen LogP contribution in [-0.2, 0) is 17.8 Å². The van der Waals surface area contributed by atoms with E-state index in [-0.39, 0.29) is 17.5 Å². The lowest BCUT2D eigenvalue weighted by atomic mass is 10.1. The first-order chi connectivity index (χ1) is 14.5. The maximum absolute atomic E-state index is 12.6. The minimum absolute atomic E-state index is 0.0477. The molecule has 2 aromatic carbocycles. The van der Waals surface area contributed by atoms with Gasteiger partial charge in [0.15, 0.2) is 0 Å². The van der Waals surface area contributed by atoms with Gasteiger partial charge in [0, 0.05) is 6.54 Å². The lowest BCUT2D eigenvalue weighted by molar-refractivity contribution is -0.126. The number of hydrogen-bond donors (Lipinski definition) is 2. The van der Waals surface area contributed by atoms with Crippen molar-refractivity contribution in [2.45, 2.75) is 32.9 Å². The molecule has 1 amide bonds. The molecule has 0 spiro atoms. The van der Waals surface area contributed by atoms with E-state index >= 15 is 0 Å². The summed E-state index contributed by atoms with van der Waals surface area (Å²) in [5.74, 6) is 1.32. The van der Waals surface area contributed by atoms with Crippen LogP contribution in [0, 0.1) is 0 Å². The van der Waals surface area contributed by atoms with Gasteiger partial charge in [-0.1, -0.05) is 31.2 Å². The number of nitrogens with zero attached hydrogens (tertiary/aromatic N) is 2. The first-order valence-electron chi connectivity index (χ1n) is 10.1. The molecule has 0 bridgehead atoms. The first kappa shape index (κ1) is 21.5. The van der Waals surface area contributed by atoms with Crippen LogP contribution in [-0.4, -0.2) is 47.0 Å². The molecule has 30 heavy (non-hydrogen) atoms. The molecule has 0 saturated carbocycles. The van der Waals surface area contributed by atoms with E-state index in [9.17, 15) is 9.59 Å². The predicted octanol–water partition coefficient (Wildman–Crippen LogP) is 2.50. The van der Waals surface area contributed by atoms with Gasteiger partial charge in [-0.3, -0.25) is 14.5 Å². The van der Waals surface area contributed by atoms with E-state index in [0.29, 0.717) is 36.4 Å². The van der Waals surface area contributed by atoms with Gasteiger partial charge in [0.1, 0.15) is 11.6 Å². The molecule has 1 atom stereocenters. The number of fused-ring (bicyclic) bond motifs is 1. The third-order valence-electron chi connectivity index (χ3n) is 5.22. The van der Waals surface area contributed by atoms with Crippen molar-refractivity contribution in [3.05, 3.63) is 70.3 Å². The Morgan fingerprint density at radius 2 is 1.93 bits per heavy atom. The summed E-state index contributed by atoms with van der Waals surface area (Å²) in [5, 5.41) is 3.56. The maximum atomic E-state index is 12.6. The number of aromatic amines is 1. The standard InChI is InChI=1S/C23H28N4O3/c1-4-27(15-21-25-20-8-6-5-7-19(20)23(29)26-21)16(2)22(28)24-14-13-17-9-11-18(30-3)12-10-17/h5-12,16H,4,13-15H2,1-3H3,(H,24,28)(H,25,26,29). The molecule has 0 radical (unpaired) electrons. The van der Waals surface area contributed by atoms with Crippen LogP contribution in [0.15, 0.2) is 53.3 Å². The molecule has 2 N–H and O–H groups in total. The molecule has 0 aliphatic carbocycles. The Bertz CT molecular complexity index is 1050. The molecule has 0 aliphatic rings. The molecular formula is C23H28N4O3. The summed E-state index contributed by atoms with van der Waals surface area (Å²) in [7, 11) is 1.64. The van der Waals surface area contributed by atoms with Crippen LogP contribution in [0.3, 0.4) is 0 Å². The van der Waals surface area contributed by atoms with Crippen molar-refractivity contribution in [1.29, 1.82) is 0 Å². The average molecular weight is 409 g/mol. The minimum atomic E-state index is -0.345. The van der Waals surface area contributed by atoms with Gasteiger partial charge in [0.25, 0.3) is 5.56 Å². The van der Waals surface area contributed by atoms with Crippen LogP contribution >= 0.6 is 0 Å². The van der Waals surface area contributed by atoms with Crippen molar-refractivity contribution in [1.82, 2.24) is 20.2 Å². The number of nitrogens with one attached hydrogen (secondary N) is 2. The number of benzene rings is 2. The van der Waals surface area contributed by atoms with E-state index in [4.69, 9.17) is 4.74 Å². The highest BCUT2D eigenvalue weighted by Gasteiger charge is 2.21. The fourth-order valence-corrected chi connectivity index (χ4v) is 3.36. The first-order valence-corrected chi connectivity index (χ1v) is 10.1. The van der Waals surface area contributed by atoms with Crippen LogP contribution < -0.4 is 15.6 Å². The van der Waals surface area contributed by atoms with Gasteiger partial charge in [-0.25, -0.2) is 4.98 Å². The number of likely N-dealkylation sites (N-methyl/N-ethyl adjacent to an activating group) is 1. The Hall–Kier alpha value is -3.19. The Morgan fingerprint density at radius 1 is 1.20 bits per heavy atom. The third kappa shape index (κ3) is 5.24. The zero-order chi connectivity index (χ0) is 21.5. The van der Waals surface area contributed by atoms with Gasteiger partial charge in [0.2, 0.25) is 5.91 Å². The number of H-pyrrole nitrogens is 1. The Balaban J connectivity index is 1.58. The van der Waals surface area contributed by atoms with Gasteiger partial charge in [-0.15, -0.1) is 0 Å². The fourth-order valence-electron chi connectivity index (χ4n) is 3.36. The summed E-state index contributed by atoms with van der Waals surface area (Å²) in [6, 6.07) is 14.7. The zero-order valence-corrected chi connectivity index (χ0v) is 17.6. The number of carbonyl (C=O) groups excluding carboxylic acids is 1. The number of hydrogen-bond acceptors (Lipinski definition) is 5. The monoisotopic (exact) mass is 408 g/mol. The molecule has 3 rings (SSSR count). The number of aromatic nitrogens is 2. The van der Waals surface area contributed by atoms with Crippen LogP contribution in [0.5, 0.6) is 5.75 Å². The fraction of sp³-hybridized carbons (Fsp3) is 0.348. The van der Waals surface area contributed by atoms with Gasteiger partial charge in [-0.05, 0) is 49.7 Å². The summed E-state index contributed by atoms with van der Waals surface area (Å²) in [4.78, 5) is 34.3. The van der Waals surface area contributed by atoms with E-state index in [1.54, 1.807) is 13.2 Å². The number of methoxy groups -OCH3 is 1. The summed E-state index contributed by atoms with van der Waals surface area (Å²) >= 11 is 0. The number of ether oxygens (including phenoxy) is 1. The van der Waals surface area contributed by atoms with E-state index < -0.39 is 0 Å². The van der Waals surface area contributed by atoms with Crippen molar-refractivity contribution >= 4 is 16.8 Å². The second-order valence-corrected chi connectivity index (χ2v) is 7.16. The van der Waals surface area contributed by atoms with Gasteiger partial charge < -0.3 is 15.0 Å². The Morgan fingerprint density at radius 3 is 2.63 bits per heavy atom. The molecule has 158 valence electrons. The highest BCUT2D eigenvalue weighted by atomic mass is 16.5. The lowest BCUT2D eigenvalue weighted by Crippen LogP contribution is -2.45. The van der Waals surface area contributed by atoms with Crippen molar-refractivity contribution in [2.75, 3.05) is 20.2 Å². The van der Waals surface area contributed by atoms with Gasteiger partial charge in [-0.2, -0.15) is 0 Å². The van der Waals surface area contributed by atoms with Crippen molar-refractivity contribution in [3.63, 3.8) is 0 Å². The normalized spacial score (nSPS) is 12.1. The van der Waals surface area contributed by atoms with E-state index in [1.165, 1.54) is 0 Å². The topological polar surface area (TPSA) is 87.3 Å². The van der Waals surface area contributed by atoms with Crippen LogP contribution in [0.25, 0.3) is 10.9 Å². The maximum Gasteiger partial charge on any atom is 0.258 e. The van der Waals surface area contributed by atoms with Crippen LogP contribution in [0.1, 0.15) is 25.2 Å². The average Bonchev–Trinajstić information content (AvgIpc) is 2.77. The van der Waals surface area contributed by atoms with Crippen molar-refractivity contribution in [2.24, 2.45) is 0 Å². The van der Waals surface area contributed by atoms with E-state index in [0.717, 1.165) is 17.7 Å². The van der Waals surface area contributed by atoms with Crippen LogP contribution in [0.4, 0.5) is 0 Å². The highest BCUT2D eigenvalue weighted by molar-refractivity contribution is 5.81. The van der Waals surface area contributed by atoms with Crippen LogP contribution in [0.2, 0.25) is 0 Å². The quantitative estimate of drug-likeness (QED) is 0.568. The third-order valence-corrected chi connectivity index (χ3v) is 5.22. The number of amides is 1. The van der Waals surface area contributed by atoms with Gasteiger partial charge >= 0.3 is 0 Å². The van der Waals surface area contributed by atoms with Crippen molar-refractivity contribution in [3.8, 4) is 5.75 Å². The second kappa shape index (κ2) is 10.0. The molecule has 0 fully saturated rings. The summed E-state index contributed by atoms with van der Waals surface area (Å²) in [6.45, 7) is 5.46. The molecule has 0 saturated heterocycles. The van der Waals surface area contributed by atoms with Gasteiger partial charge in [0.05, 0.1) is 30.6 Å². The number of para-hydroxylation sites is 1. The summed E-state index contributed by atoms with van der Waals surface area (Å²) < 4.78 is 5.16. The molecule has 7 heteroatoms. The molecule has 1 unspecified atom stereocenters. The highest BCUT2D eigenvalue weighted by Crippen LogP contribution is 2.12.